The van der Waals surface area contributed by atoms with Crippen LogP contribution in [0.3, 0.4) is 0 Å². The van der Waals surface area contributed by atoms with Gasteiger partial charge in [0.15, 0.2) is 5.11 Å². The monoisotopic (exact) mass is 400 g/mol. The van der Waals surface area contributed by atoms with Crippen LogP contribution in [0.25, 0.3) is 0 Å². The van der Waals surface area contributed by atoms with Crippen LogP contribution in [-0.4, -0.2) is 10.0 Å². The summed E-state index contributed by atoms with van der Waals surface area (Å²) < 4.78 is 39.9. The lowest BCUT2D eigenvalue weighted by Crippen LogP contribution is -2.34. The minimum absolute atomic E-state index is 0.0499. The molecule has 3 rings (SSSR count). The molecule has 0 radical (unpaired) electrons. The average Bonchev–Trinajstić information content (AvgIpc) is 2.69. The van der Waals surface area contributed by atoms with Crippen LogP contribution < -0.4 is 5.32 Å². The molecule has 0 unspecified atom stereocenters. The first-order valence-corrected chi connectivity index (χ1v) is 9.14. The van der Waals surface area contributed by atoms with Gasteiger partial charge in [-0.3, -0.25) is 0 Å². The van der Waals surface area contributed by atoms with E-state index in [1.54, 1.807) is 6.07 Å². The summed E-state index contributed by atoms with van der Waals surface area (Å²) in [5.74, 6) is 0. The number of benzene rings is 3. The first kappa shape index (κ1) is 19.9. The zero-order valence-corrected chi connectivity index (χ0v) is 15.8. The Morgan fingerprint density at radius 3 is 1.71 bits per heavy atom. The summed E-state index contributed by atoms with van der Waals surface area (Å²) in [6.45, 7) is 0.964. The molecule has 0 bridgehead atoms. The number of hydrogen-bond donors (Lipinski definition) is 1. The van der Waals surface area contributed by atoms with Crippen LogP contribution in [0.15, 0.2) is 84.9 Å². The molecule has 3 aromatic rings. The molecule has 1 N–H and O–H groups in total. The molecule has 0 amide bonds. The number of rotatable bonds is 5. The summed E-state index contributed by atoms with van der Waals surface area (Å²) in [5, 5.41) is 3.04. The van der Waals surface area contributed by atoms with Crippen molar-refractivity contribution in [2.45, 2.75) is 19.3 Å². The SMILES string of the molecule is FC(F)(F)c1ccccc1NC(=S)N(Cc1ccccc1)Cc1ccccc1. The highest BCUT2D eigenvalue weighted by Gasteiger charge is 2.33. The van der Waals surface area contributed by atoms with Crippen LogP contribution in [0.5, 0.6) is 0 Å². The number of hydrogen-bond acceptors (Lipinski definition) is 1. The van der Waals surface area contributed by atoms with Crippen molar-refractivity contribution < 1.29 is 13.2 Å². The van der Waals surface area contributed by atoms with Gasteiger partial charge in [0.05, 0.1) is 11.3 Å². The highest BCUT2D eigenvalue weighted by Crippen LogP contribution is 2.34. The van der Waals surface area contributed by atoms with E-state index in [2.05, 4.69) is 5.32 Å². The lowest BCUT2D eigenvalue weighted by atomic mass is 10.1. The minimum Gasteiger partial charge on any atom is -0.340 e. The van der Waals surface area contributed by atoms with Crippen LogP contribution in [0.1, 0.15) is 16.7 Å². The second-order valence-electron chi connectivity index (χ2n) is 6.30. The van der Waals surface area contributed by atoms with E-state index in [9.17, 15) is 13.2 Å². The van der Waals surface area contributed by atoms with Gasteiger partial charge in [0.1, 0.15) is 0 Å². The summed E-state index contributed by atoms with van der Waals surface area (Å²) in [6, 6.07) is 24.7. The van der Waals surface area contributed by atoms with Crippen LogP contribution in [0, 0.1) is 0 Å². The zero-order chi connectivity index (χ0) is 20.0. The van der Waals surface area contributed by atoms with Crippen molar-refractivity contribution in [3.05, 3.63) is 102 Å². The highest BCUT2D eigenvalue weighted by molar-refractivity contribution is 7.80. The first-order chi connectivity index (χ1) is 13.4. The summed E-state index contributed by atoms with van der Waals surface area (Å²) in [4.78, 5) is 1.85. The van der Waals surface area contributed by atoms with Gasteiger partial charge in [-0.2, -0.15) is 13.2 Å². The van der Waals surface area contributed by atoms with Crippen molar-refractivity contribution in [2.75, 3.05) is 5.32 Å². The Labute approximate surface area is 167 Å². The van der Waals surface area contributed by atoms with Crippen LogP contribution in [-0.2, 0) is 19.3 Å². The van der Waals surface area contributed by atoms with E-state index < -0.39 is 11.7 Å². The normalized spacial score (nSPS) is 11.1. The van der Waals surface area contributed by atoms with E-state index in [0.29, 0.717) is 13.1 Å². The van der Waals surface area contributed by atoms with Crippen molar-refractivity contribution in [1.29, 1.82) is 0 Å². The largest absolute Gasteiger partial charge is 0.418 e. The molecule has 0 atom stereocenters. The molecule has 3 aromatic carbocycles. The van der Waals surface area contributed by atoms with Crippen molar-refractivity contribution >= 4 is 23.0 Å². The molecule has 0 aromatic heterocycles. The molecular weight excluding hydrogens is 381 g/mol. The number of para-hydroxylation sites is 1. The van der Waals surface area contributed by atoms with E-state index in [4.69, 9.17) is 12.2 Å². The molecule has 144 valence electrons. The summed E-state index contributed by atoms with van der Waals surface area (Å²) >= 11 is 5.49. The number of anilines is 1. The van der Waals surface area contributed by atoms with Crippen molar-refractivity contribution in [1.82, 2.24) is 4.90 Å². The second-order valence-corrected chi connectivity index (χ2v) is 6.69. The molecule has 6 heteroatoms. The molecule has 0 aliphatic rings. The Hall–Kier alpha value is -2.86. The van der Waals surface area contributed by atoms with Gasteiger partial charge in [0.25, 0.3) is 0 Å². The van der Waals surface area contributed by atoms with Gasteiger partial charge in [-0.25, -0.2) is 0 Å². The molecule has 2 nitrogen and oxygen atoms in total. The van der Waals surface area contributed by atoms with Crippen LogP contribution in [0.4, 0.5) is 18.9 Å². The number of nitrogens with one attached hydrogen (secondary N) is 1. The number of halogens is 3. The third-order valence-electron chi connectivity index (χ3n) is 4.19. The van der Waals surface area contributed by atoms with Gasteiger partial charge < -0.3 is 10.2 Å². The van der Waals surface area contributed by atoms with Crippen LogP contribution in [0.2, 0.25) is 0 Å². The fraction of sp³-hybridized carbons (Fsp3) is 0.136. The average molecular weight is 400 g/mol. The zero-order valence-electron chi connectivity index (χ0n) is 15.0. The smallest absolute Gasteiger partial charge is 0.340 e. The fourth-order valence-corrected chi connectivity index (χ4v) is 3.08. The second kappa shape index (κ2) is 8.89. The molecule has 28 heavy (non-hydrogen) atoms. The van der Waals surface area contributed by atoms with Gasteiger partial charge >= 0.3 is 6.18 Å². The third-order valence-corrected chi connectivity index (χ3v) is 4.55. The van der Waals surface area contributed by atoms with Gasteiger partial charge in [-0.1, -0.05) is 72.8 Å². The Morgan fingerprint density at radius 2 is 1.21 bits per heavy atom. The molecule has 0 heterocycles. The number of alkyl halides is 3. The fourth-order valence-electron chi connectivity index (χ4n) is 2.84. The quantitative estimate of drug-likeness (QED) is 0.521. The molecular formula is C22H19F3N2S. The molecule has 0 aliphatic heterocycles. The van der Waals surface area contributed by atoms with E-state index in [-0.39, 0.29) is 10.8 Å². The standard InChI is InChI=1S/C22H19F3N2S/c23-22(24,25)19-13-7-8-14-20(19)26-21(28)27(15-17-9-3-1-4-10-17)16-18-11-5-2-6-12-18/h1-14H,15-16H2,(H,26,28). The molecule has 0 saturated heterocycles. The maximum absolute atomic E-state index is 13.3. The number of nitrogens with zero attached hydrogens (tertiary/aromatic N) is 1. The van der Waals surface area contributed by atoms with Crippen LogP contribution >= 0.6 is 12.2 Å². The van der Waals surface area contributed by atoms with Gasteiger partial charge in [0, 0.05) is 13.1 Å². The summed E-state index contributed by atoms with van der Waals surface area (Å²) in [7, 11) is 0. The molecule has 0 saturated carbocycles. The topological polar surface area (TPSA) is 15.3 Å². The van der Waals surface area contributed by atoms with Gasteiger partial charge in [-0.15, -0.1) is 0 Å². The first-order valence-electron chi connectivity index (χ1n) is 8.73. The number of thiocarbonyl (C=S) groups is 1. The minimum atomic E-state index is -4.46. The molecule has 0 aliphatic carbocycles. The van der Waals surface area contributed by atoms with E-state index in [0.717, 1.165) is 17.2 Å². The Morgan fingerprint density at radius 1 is 0.750 bits per heavy atom. The van der Waals surface area contributed by atoms with Gasteiger partial charge in [0.2, 0.25) is 0 Å². The lowest BCUT2D eigenvalue weighted by Gasteiger charge is -2.27. The Bertz CT molecular complexity index is 870. The predicted molar refractivity (Wildman–Crippen MR) is 110 cm³/mol. The predicted octanol–water partition coefficient (Wildman–Crippen LogP) is 6.10. The Kier molecular flexibility index (Phi) is 6.31. The Balaban J connectivity index is 1.84. The van der Waals surface area contributed by atoms with E-state index in [1.807, 2.05) is 65.6 Å². The third kappa shape index (κ3) is 5.33. The maximum Gasteiger partial charge on any atom is 0.418 e. The van der Waals surface area contributed by atoms with Crippen molar-refractivity contribution in [3.63, 3.8) is 0 Å². The summed E-state index contributed by atoms with van der Waals surface area (Å²) in [5.41, 5.74) is 1.25. The maximum atomic E-state index is 13.3. The van der Waals surface area contributed by atoms with E-state index >= 15 is 0 Å². The van der Waals surface area contributed by atoms with Crippen molar-refractivity contribution in [3.8, 4) is 0 Å². The molecule has 0 spiro atoms. The van der Waals surface area contributed by atoms with E-state index in [1.165, 1.54) is 12.1 Å². The lowest BCUT2D eigenvalue weighted by molar-refractivity contribution is -0.136. The van der Waals surface area contributed by atoms with Crippen molar-refractivity contribution in [2.24, 2.45) is 0 Å². The highest BCUT2D eigenvalue weighted by atomic mass is 32.1. The summed E-state index contributed by atoms with van der Waals surface area (Å²) in [6.07, 6.45) is -4.46. The molecule has 0 fully saturated rings. The van der Waals surface area contributed by atoms with Gasteiger partial charge in [-0.05, 0) is 35.5 Å².